The molecule has 0 fully saturated rings. The number of amides is 1. The van der Waals surface area contributed by atoms with Crippen molar-refractivity contribution in [1.29, 1.82) is 0 Å². The zero-order chi connectivity index (χ0) is 18.5. The third kappa shape index (κ3) is 4.17. The van der Waals surface area contributed by atoms with Gasteiger partial charge in [-0.3, -0.25) is 9.48 Å². The van der Waals surface area contributed by atoms with E-state index in [1.807, 2.05) is 19.1 Å². The van der Waals surface area contributed by atoms with Crippen LogP contribution in [0.5, 0.6) is 5.75 Å². The summed E-state index contributed by atoms with van der Waals surface area (Å²) in [7, 11) is 0. The number of para-hydroxylation sites is 1. The Bertz CT molecular complexity index is 906. The van der Waals surface area contributed by atoms with Crippen molar-refractivity contribution in [3.8, 4) is 5.75 Å². The maximum absolute atomic E-state index is 12.3. The van der Waals surface area contributed by atoms with Gasteiger partial charge in [0.1, 0.15) is 11.4 Å². The monoisotopic (exact) mass is 393 g/mol. The largest absolute Gasteiger partial charge is 0.470 e. The van der Waals surface area contributed by atoms with Crippen molar-refractivity contribution in [3.05, 3.63) is 64.2 Å². The average molecular weight is 394 g/mol. The summed E-state index contributed by atoms with van der Waals surface area (Å²) >= 11 is 12.1. The minimum Gasteiger partial charge on any atom is -0.470 e. The standard InChI is InChI=1S/C17H17Cl2N5O2/c1-2-24-15(13(19)9-21-24)10-20-17(25)14-7-8-23(22-14)11-26-16-6-4-3-5-12(16)18/h3-9H,2,10-11H2,1H3,(H,20,25). The molecule has 136 valence electrons. The Hall–Kier alpha value is -2.51. The number of ether oxygens (including phenoxy) is 1. The van der Waals surface area contributed by atoms with E-state index in [2.05, 4.69) is 15.5 Å². The lowest BCUT2D eigenvalue weighted by Gasteiger charge is -2.08. The fourth-order valence-electron chi connectivity index (χ4n) is 2.34. The molecule has 9 heteroatoms. The zero-order valence-corrected chi connectivity index (χ0v) is 15.5. The molecule has 1 amide bonds. The predicted octanol–water partition coefficient (Wildman–Crippen LogP) is 3.37. The SMILES string of the molecule is CCn1ncc(Cl)c1CNC(=O)c1ccn(COc2ccccc2Cl)n1. The van der Waals surface area contributed by atoms with Gasteiger partial charge in [0.05, 0.1) is 28.5 Å². The molecule has 3 rings (SSSR count). The van der Waals surface area contributed by atoms with E-state index < -0.39 is 0 Å². The van der Waals surface area contributed by atoms with Gasteiger partial charge in [0.25, 0.3) is 5.91 Å². The molecule has 0 saturated heterocycles. The normalized spacial score (nSPS) is 10.7. The Balaban J connectivity index is 1.58. The van der Waals surface area contributed by atoms with Crippen molar-refractivity contribution in [3.63, 3.8) is 0 Å². The minimum absolute atomic E-state index is 0.144. The molecule has 0 aliphatic carbocycles. The quantitative estimate of drug-likeness (QED) is 0.667. The molecule has 0 saturated carbocycles. The molecule has 3 aromatic rings. The molecule has 0 aliphatic rings. The number of carbonyl (C=O) groups excluding carboxylic acids is 1. The van der Waals surface area contributed by atoms with Crippen LogP contribution in [0.25, 0.3) is 0 Å². The number of benzene rings is 1. The average Bonchev–Trinajstić information content (AvgIpc) is 3.25. The highest BCUT2D eigenvalue weighted by molar-refractivity contribution is 6.32. The lowest BCUT2D eigenvalue weighted by molar-refractivity contribution is 0.0943. The van der Waals surface area contributed by atoms with Crippen LogP contribution in [0.15, 0.2) is 42.7 Å². The summed E-state index contributed by atoms with van der Waals surface area (Å²) in [6.45, 7) is 3.04. The fraction of sp³-hybridized carbons (Fsp3) is 0.235. The second-order valence-corrected chi connectivity index (χ2v) is 6.20. The number of nitrogens with zero attached hydrogens (tertiary/aromatic N) is 4. The smallest absolute Gasteiger partial charge is 0.272 e. The molecular weight excluding hydrogens is 377 g/mol. The highest BCUT2D eigenvalue weighted by Gasteiger charge is 2.13. The van der Waals surface area contributed by atoms with Gasteiger partial charge in [0.2, 0.25) is 0 Å². The highest BCUT2D eigenvalue weighted by Crippen LogP contribution is 2.23. The second-order valence-electron chi connectivity index (χ2n) is 5.38. The van der Waals surface area contributed by atoms with Gasteiger partial charge >= 0.3 is 0 Å². The highest BCUT2D eigenvalue weighted by atomic mass is 35.5. The maximum Gasteiger partial charge on any atom is 0.272 e. The third-order valence-corrected chi connectivity index (χ3v) is 4.30. The third-order valence-electron chi connectivity index (χ3n) is 3.68. The summed E-state index contributed by atoms with van der Waals surface area (Å²) in [5.41, 5.74) is 1.04. The molecule has 0 bridgehead atoms. The first-order chi connectivity index (χ1) is 12.6. The number of aryl methyl sites for hydroxylation is 1. The Morgan fingerprint density at radius 3 is 2.81 bits per heavy atom. The van der Waals surface area contributed by atoms with Crippen LogP contribution in [0.2, 0.25) is 10.0 Å². The summed E-state index contributed by atoms with van der Waals surface area (Å²) in [6.07, 6.45) is 3.22. The van der Waals surface area contributed by atoms with Crippen LogP contribution in [-0.2, 0) is 19.8 Å². The first kappa shape index (κ1) is 18.3. The van der Waals surface area contributed by atoms with Gasteiger partial charge in [-0.25, -0.2) is 4.68 Å². The van der Waals surface area contributed by atoms with E-state index in [0.29, 0.717) is 22.3 Å². The molecular formula is C17H17Cl2N5O2. The summed E-state index contributed by atoms with van der Waals surface area (Å²) in [5, 5.41) is 12.2. The molecule has 1 N–H and O–H groups in total. The van der Waals surface area contributed by atoms with Crippen molar-refractivity contribution in [2.45, 2.75) is 26.7 Å². The zero-order valence-electron chi connectivity index (χ0n) is 14.0. The summed E-state index contributed by atoms with van der Waals surface area (Å²) < 4.78 is 8.84. The molecule has 7 nitrogen and oxygen atoms in total. The topological polar surface area (TPSA) is 74.0 Å². The maximum atomic E-state index is 12.3. The summed E-state index contributed by atoms with van der Waals surface area (Å²) in [6, 6.07) is 8.77. The van der Waals surface area contributed by atoms with Gasteiger partial charge in [-0.15, -0.1) is 0 Å². The van der Waals surface area contributed by atoms with E-state index in [9.17, 15) is 4.79 Å². The van der Waals surface area contributed by atoms with Gasteiger partial charge in [0.15, 0.2) is 6.73 Å². The number of halogens is 2. The van der Waals surface area contributed by atoms with Crippen LogP contribution in [0.1, 0.15) is 23.1 Å². The van der Waals surface area contributed by atoms with E-state index in [4.69, 9.17) is 27.9 Å². The lowest BCUT2D eigenvalue weighted by atomic mass is 10.3. The van der Waals surface area contributed by atoms with Crippen molar-refractivity contribution < 1.29 is 9.53 Å². The van der Waals surface area contributed by atoms with Crippen LogP contribution in [-0.4, -0.2) is 25.5 Å². The number of aromatic nitrogens is 4. The Labute approximate surface area is 160 Å². The molecule has 0 radical (unpaired) electrons. The van der Waals surface area contributed by atoms with Crippen molar-refractivity contribution in [2.24, 2.45) is 0 Å². The molecule has 0 unspecified atom stereocenters. The van der Waals surface area contributed by atoms with Gasteiger partial charge < -0.3 is 10.1 Å². The van der Waals surface area contributed by atoms with E-state index in [0.717, 1.165) is 5.69 Å². The molecule has 0 spiro atoms. The number of hydrogen-bond acceptors (Lipinski definition) is 4. The minimum atomic E-state index is -0.304. The van der Waals surface area contributed by atoms with Crippen LogP contribution in [0.4, 0.5) is 0 Å². The van der Waals surface area contributed by atoms with Gasteiger partial charge in [0, 0.05) is 12.7 Å². The van der Waals surface area contributed by atoms with Gasteiger partial charge in [-0.05, 0) is 25.1 Å². The summed E-state index contributed by atoms with van der Waals surface area (Å²) in [5.74, 6) is 0.250. The number of hydrogen-bond donors (Lipinski definition) is 1. The predicted molar refractivity (Wildman–Crippen MR) is 98.4 cm³/mol. The van der Waals surface area contributed by atoms with Crippen LogP contribution >= 0.6 is 23.2 Å². The molecule has 2 aromatic heterocycles. The van der Waals surface area contributed by atoms with E-state index in [1.54, 1.807) is 35.3 Å². The second kappa shape index (κ2) is 8.25. The van der Waals surface area contributed by atoms with Crippen molar-refractivity contribution in [2.75, 3.05) is 0 Å². The Morgan fingerprint density at radius 2 is 2.04 bits per heavy atom. The molecule has 1 aromatic carbocycles. The van der Waals surface area contributed by atoms with Crippen molar-refractivity contribution >= 4 is 29.1 Å². The van der Waals surface area contributed by atoms with E-state index in [1.165, 1.54) is 4.68 Å². The number of carbonyl (C=O) groups is 1. The van der Waals surface area contributed by atoms with Gasteiger partial charge in [-0.2, -0.15) is 10.2 Å². The van der Waals surface area contributed by atoms with E-state index in [-0.39, 0.29) is 24.9 Å². The fourth-order valence-corrected chi connectivity index (χ4v) is 2.74. The Kier molecular flexibility index (Phi) is 5.80. The van der Waals surface area contributed by atoms with E-state index >= 15 is 0 Å². The first-order valence-electron chi connectivity index (χ1n) is 7.97. The molecule has 2 heterocycles. The number of rotatable bonds is 7. The van der Waals surface area contributed by atoms with Gasteiger partial charge in [-0.1, -0.05) is 35.3 Å². The van der Waals surface area contributed by atoms with Crippen LogP contribution < -0.4 is 10.1 Å². The molecule has 0 aliphatic heterocycles. The number of nitrogens with one attached hydrogen (secondary N) is 1. The molecule has 0 atom stereocenters. The lowest BCUT2D eigenvalue weighted by Crippen LogP contribution is -2.25. The first-order valence-corrected chi connectivity index (χ1v) is 8.73. The van der Waals surface area contributed by atoms with Crippen molar-refractivity contribution in [1.82, 2.24) is 24.9 Å². The Morgan fingerprint density at radius 1 is 1.23 bits per heavy atom. The van der Waals surface area contributed by atoms with Crippen LogP contribution in [0.3, 0.4) is 0 Å². The van der Waals surface area contributed by atoms with Crippen LogP contribution in [0, 0.1) is 0 Å². The molecule has 26 heavy (non-hydrogen) atoms. The summed E-state index contributed by atoms with van der Waals surface area (Å²) in [4.78, 5) is 12.3.